The fourth-order valence-electron chi connectivity index (χ4n) is 7.76. The third-order valence-electron chi connectivity index (χ3n) is 8.56. The average molecular weight is 563 g/mol. The van der Waals surface area contributed by atoms with Gasteiger partial charge >= 0.3 is 168 Å². The molecule has 158 valence electrons. The van der Waals surface area contributed by atoms with Gasteiger partial charge in [-0.25, -0.2) is 0 Å². The van der Waals surface area contributed by atoms with Gasteiger partial charge in [0.2, 0.25) is 0 Å². The van der Waals surface area contributed by atoms with E-state index in [1.165, 1.54) is 38.5 Å². The fraction of sp³-hybridized carbons (Fsp3) is 0.667. The Morgan fingerprint density at radius 2 is 1.21 bits per heavy atom. The number of rotatable bonds is 4. The van der Waals surface area contributed by atoms with Crippen LogP contribution in [0.3, 0.4) is 0 Å². The van der Waals surface area contributed by atoms with Gasteiger partial charge in [0.1, 0.15) is 0 Å². The molecule has 4 heteroatoms. The zero-order valence-electron chi connectivity index (χ0n) is 18.2. The zero-order chi connectivity index (χ0) is 18.6. The molecule has 28 heavy (non-hydrogen) atoms. The summed E-state index contributed by atoms with van der Waals surface area (Å²) in [6, 6.07) is 0. The summed E-state index contributed by atoms with van der Waals surface area (Å²) in [5.74, 6) is 3.70. The molecule has 0 heterocycles. The molecule has 0 radical (unpaired) electrons. The first-order chi connectivity index (χ1) is 12.4. The van der Waals surface area contributed by atoms with Crippen molar-refractivity contribution in [2.24, 2.45) is 23.7 Å². The van der Waals surface area contributed by atoms with Crippen molar-refractivity contribution in [3.8, 4) is 0 Å². The molecule has 0 aromatic carbocycles. The Balaban J connectivity index is 0.00000140. The first kappa shape index (κ1) is 25.2. The molecule has 2 saturated carbocycles. The van der Waals surface area contributed by atoms with Gasteiger partial charge in [-0.2, -0.15) is 0 Å². The molecule has 0 N–H and O–H groups in total. The van der Waals surface area contributed by atoms with Gasteiger partial charge < -0.3 is 0 Å². The van der Waals surface area contributed by atoms with Crippen LogP contribution in [0.15, 0.2) is 47.6 Å². The Morgan fingerprint density at radius 3 is 1.57 bits per heavy atom. The molecule has 0 aromatic heterocycles. The molecule has 4 rings (SSSR count). The molecule has 0 bridgehead atoms. The Bertz CT molecular complexity index is 711. The Kier molecular flexibility index (Phi) is 8.31. The minimum Gasteiger partial charge on any atom is -0.147 e. The quantitative estimate of drug-likeness (QED) is 0.309. The molecule has 6 atom stereocenters. The molecule has 2 fully saturated rings. The van der Waals surface area contributed by atoms with Crippen molar-refractivity contribution in [3.63, 3.8) is 0 Å². The predicted molar refractivity (Wildman–Crippen MR) is 130 cm³/mol. The van der Waals surface area contributed by atoms with E-state index in [0.717, 1.165) is 30.9 Å². The molecule has 0 nitrogen and oxygen atoms in total. The molecule has 6 unspecified atom stereocenters. The maximum atomic E-state index is 2.91. The summed E-state index contributed by atoms with van der Waals surface area (Å²) in [5.41, 5.74) is 3.82. The molecular weight excluding hydrogens is 523 g/mol. The van der Waals surface area contributed by atoms with Crippen molar-refractivity contribution in [3.05, 3.63) is 47.6 Å². The minimum absolute atomic E-state index is 0. The van der Waals surface area contributed by atoms with Crippen LogP contribution in [-0.2, 0) is 15.7 Å². The Labute approximate surface area is 191 Å². The fourth-order valence-corrected chi connectivity index (χ4v) is 39.3. The third-order valence-corrected chi connectivity index (χ3v) is 33.5. The summed E-state index contributed by atoms with van der Waals surface area (Å²) in [5, 5.41) is 0. The molecule has 4 aliphatic carbocycles. The van der Waals surface area contributed by atoms with Crippen LogP contribution in [0.4, 0.5) is 0 Å². The van der Waals surface area contributed by atoms with Gasteiger partial charge in [0, 0.05) is 0 Å². The number of halogens is 2. The summed E-state index contributed by atoms with van der Waals surface area (Å²) in [6.45, 7) is 4.96. The summed E-state index contributed by atoms with van der Waals surface area (Å²) in [4.78, 5) is 0. The van der Waals surface area contributed by atoms with Crippen molar-refractivity contribution >= 4 is 37.0 Å². The van der Waals surface area contributed by atoms with Gasteiger partial charge in [0.25, 0.3) is 0 Å². The van der Waals surface area contributed by atoms with Crippen molar-refractivity contribution in [2.45, 2.75) is 68.9 Å². The van der Waals surface area contributed by atoms with Gasteiger partial charge in [0.05, 0.1) is 0 Å². The first-order valence-corrected chi connectivity index (χ1v) is 29.4. The van der Waals surface area contributed by atoms with E-state index >= 15 is 0 Å². The average Bonchev–Trinajstić information content (AvgIpc) is 3.20. The molecule has 0 amide bonds. The van der Waals surface area contributed by atoms with E-state index in [9.17, 15) is 0 Å². The van der Waals surface area contributed by atoms with E-state index in [1.807, 2.05) is 11.1 Å². The number of fused-ring (bicyclic) bond motifs is 2. The first-order valence-electron chi connectivity index (χ1n) is 11.2. The standard InChI is InChI=1S/2C11H15.2CH3.2ClH.GeH2.Zr/c2*1-2-9-7-10-5-3-4-6-11(10)8-9;;;;;;/h2*3-5,7,9,11H,2,6,8H2,1H3;2*1H3;2*1H;1H2;. The Hall–Kier alpha value is 0.966. The van der Waals surface area contributed by atoms with E-state index in [2.05, 4.69) is 59.6 Å². The second-order valence-corrected chi connectivity index (χ2v) is 55.9. The van der Waals surface area contributed by atoms with Crippen LogP contribution < -0.4 is 0 Å². The SMILES string of the molecule is CCC1CC2CC=CC=C2[CH]1[Zr]([CH3])([CH3])(=[GeH2])[CH]1C2=CC=CCC2CC1CC.Cl.Cl. The molecule has 0 saturated heterocycles. The van der Waals surface area contributed by atoms with E-state index in [0.29, 0.717) is 0 Å². The van der Waals surface area contributed by atoms with Gasteiger partial charge in [-0.05, 0) is 0 Å². The van der Waals surface area contributed by atoms with E-state index in [4.69, 9.17) is 0 Å². The summed E-state index contributed by atoms with van der Waals surface area (Å²) < 4.78 is 7.79. The van der Waals surface area contributed by atoms with Crippen molar-refractivity contribution in [1.29, 1.82) is 0 Å². The zero-order valence-corrected chi connectivity index (χ0v) is 25.3. The molecule has 0 spiro atoms. The van der Waals surface area contributed by atoms with Crippen LogP contribution in [0.1, 0.15) is 52.4 Å². The van der Waals surface area contributed by atoms with Gasteiger partial charge in [-0.15, -0.1) is 24.8 Å². The second-order valence-electron chi connectivity index (χ2n) is 10.8. The smallest absolute Gasteiger partial charge is 0.147 e. The van der Waals surface area contributed by atoms with Gasteiger partial charge in [-0.3, -0.25) is 0 Å². The topological polar surface area (TPSA) is 0 Å². The van der Waals surface area contributed by atoms with Crippen LogP contribution in [0, 0.1) is 23.7 Å². The van der Waals surface area contributed by atoms with E-state index in [-0.39, 0.29) is 24.8 Å². The number of allylic oxidation sites excluding steroid dienone is 8. The van der Waals surface area contributed by atoms with Gasteiger partial charge in [-0.1, -0.05) is 0 Å². The van der Waals surface area contributed by atoms with Crippen molar-refractivity contribution in [2.75, 3.05) is 0 Å². The normalized spacial score (nSPS) is 36.6. The van der Waals surface area contributed by atoms with E-state index in [1.54, 1.807) is 12.1 Å². The van der Waals surface area contributed by atoms with Crippen LogP contribution in [0.25, 0.3) is 0 Å². The Morgan fingerprint density at radius 1 is 0.821 bits per heavy atom. The molecule has 4 aliphatic rings. The molecule has 0 aliphatic heterocycles. The van der Waals surface area contributed by atoms with E-state index < -0.39 is 15.7 Å². The maximum absolute atomic E-state index is 2.91. The minimum atomic E-state index is -2.91. The van der Waals surface area contributed by atoms with Crippen LogP contribution in [0.2, 0.25) is 16.5 Å². The maximum Gasteiger partial charge on any atom is -0.147 e. The largest absolute Gasteiger partial charge is 0.147 e. The second kappa shape index (κ2) is 9.22. The monoisotopic (exact) mass is 562 g/mol. The van der Waals surface area contributed by atoms with Crippen molar-refractivity contribution in [1.82, 2.24) is 0 Å². The number of hydrogen-bond acceptors (Lipinski definition) is 0. The van der Waals surface area contributed by atoms with Crippen LogP contribution >= 0.6 is 24.8 Å². The third kappa shape index (κ3) is 4.05. The molecular formula is C24H40Cl2GeZr. The van der Waals surface area contributed by atoms with Crippen LogP contribution in [-0.4, -0.2) is 12.1 Å². The van der Waals surface area contributed by atoms with Crippen molar-refractivity contribution < 1.29 is 15.7 Å². The molecule has 0 aromatic rings. The summed E-state index contributed by atoms with van der Waals surface area (Å²) >= 11 is -1.29. The summed E-state index contributed by atoms with van der Waals surface area (Å²) in [7, 11) is 0. The van der Waals surface area contributed by atoms with Crippen LogP contribution in [0.5, 0.6) is 0 Å². The van der Waals surface area contributed by atoms with Gasteiger partial charge in [0.15, 0.2) is 0 Å². The number of hydrogen-bond donors (Lipinski definition) is 0. The summed E-state index contributed by atoms with van der Waals surface area (Å²) in [6.07, 6.45) is 23.2. The predicted octanol–water partition coefficient (Wildman–Crippen LogP) is 7.61.